The zero-order valence-electron chi connectivity index (χ0n) is 14.8. The largest absolute Gasteiger partial charge is 0.339 e. The Kier molecular flexibility index (Phi) is 4.32. The maximum atomic E-state index is 12.5. The number of nitrogens with zero attached hydrogens (tertiary/aromatic N) is 1. The van der Waals surface area contributed by atoms with Crippen molar-refractivity contribution >= 4 is 16.7 Å². The van der Waals surface area contributed by atoms with Gasteiger partial charge in [-0.15, -0.1) is 0 Å². The molecule has 0 spiro atoms. The van der Waals surface area contributed by atoms with Crippen LogP contribution >= 0.6 is 0 Å². The zero-order valence-corrected chi connectivity index (χ0v) is 14.8. The summed E-state index contributed by atoms with van der Waals surface area (Å²) in [6, 6.07) is 15.6. The summed E-state index contributed by atoms with van der Waals surface area (Å²) in [6.45, 7) is 5.56. The number of hydrogen-bond donors (Lipinski definition) is 2. The Labute approximate surface area is 148 Å². The van der Waals surface area contributed by atoms with Gasteiger partial charge in [0.05, 0.1) is 6.04 Å². The molecule has 0 radical (unpaired) electrons. The van der Waals surface area contributed by atoms with Gasteiger partial charge in [0.1, 0.15) is 0 Å². The monoisotopic (exact) mass is 335 g/mol. The molecule has 130 valence electrons. The van der Waals surface area contributed by atoms with Gasteiger partial charge in [-0.1, -0.05) is 48.0 Å². The summed E-state index contributed by atoms with van der Waals surface area (Å²) in [5.74, 6) is 0.524. The van der Waals surface area contributed by atoms with Gasteiger partial charge >= 0.3 is 0 Å². The minimum absolute atomic E-state index is 0.141. The highest BCUT2D eigenvalue weighted by molar-refractivity contribution is 5.88. The number of carbonyl (C=O) groups is 1. The molecule has 2 aromatic rings. The van der Waals surface area contributed by atoms with Gasteiger partial charge in [0.15, 0.2) is 0 Å². The molecule has 0 aliphatic carbocycles. The van der Waals surface area contributed by atoms with Gasteiger partial charge in [0, 0.05) is 31.1 Å². The summed E-state index contributed by atoms with van der Waals surface area (Å²) < 4.78 is 0. The van der Waals surface area contributed by atoms with Gasteiger partial charge in [0.2, 0.25) is 5.91 Å². The van der Waals surface area contributed by atoms with E-state index in [1.54, 1.807) is 6.08 Å². The Morgan fingerprint density at radius 3 is 2.76 bits per heavy atom. The fraction of sp³-hybridized carbons (Fsp3) is 0.381. The van der Waals surface area contributed by atoms with E-state index in [-0.39, 0.29) is 11.9 Å². The summed E-state index contributed by atoms with van der Waals surface area (Å²) in [6.07, 6.45) is 2.74. The van der Waals surface area contributed by atoms with Crippen LogP contribution < -0.4 is 10.9 Å². The van der Waals surface area contributed by atoms with Crippen LogP contribution in [-0.4, -0.2) is 29.9 Å². The molecule has 0 bridgehead atoms. The molecule has 2 aliphatic heterocycles. The van der Waals surface area contributed by atoms with Gasteiger partial charge in [-0.3, -0.25) is 10.2 Å². The van der Waals surface area contributed by atoms with Crippen LogP contribution in [0.4, 0.5) is 0 Å². The van der Waals surface area contributed by atoms with Crippen LogP contribution in [0.3, 0.4) is 0 Å². The molecule has 2 aromatic carbocycles. The molecule has 3 unspecified atom stereocenters. The Morgan fingerprint density at radius 1 is 1.12 bits per heavy atom. The number of fused-ring (bicyclic) bond motifs is 2. The van der Waals surface area contributed by atoms with Crippen molar-refractivity contribution in [3.8, 4) is 0 Å². The molecule has 0 saturated carbocycles. The number of allylic oxidation sites excluding steroid dienone is 1. The Balaban J connectivity index is 1.63. The average Bonchev–Trinajstić information content (AvgIpc) is 3.03. The SMILES string of the molecule is CC(C)=CC(=O)N1CCC2NNC(c3cccc4ccccc34)C2C1. The summed E-state index contributed by atoms with van der Waals surface area (Å²) in [7, 11) is 0. The molecule has 2 aliphatic rings. The van der Waals surface area contributed by atoms with E-state index in [1.807, 2.05) is 18.7 Å². The molecule has 3 atom stereocenters. The topological polar surface area (TPSA) is 44.4 Å². The number of carbonyl (C=O) groups excluding carboxylic acids is 1. The molecule has 25 heavy (non-hydrogen) atoms. The van der Waals surface area contributed by atoms with Gasteiger partial charge in [-0.05, 0) is 36.6 Å². The van der Waals surface area contributed by atoms with Gasteiger partial charge in [-0.2, -0.15) is 0 Å². The lowest BCUT2D eigenvalue weighted by Gasteiger charge is -2.36. The van der Waals surface area contributed by atoms with Gasteiger partial charge < -0.3 is 4.90 Å². The van der Waals surface area contributed by atoms with Crippen LogP contribution in [0.5, 0.6) is 0 Å². The fourth-order valence-electron chi connectivity index (χ4n) is 4.17. The third kappa shape index (κ3) is 3.08. The number of nitrogens with one attached hydrogen (secondary N) is 2. The molecule has 2 saturated heterocycles. The minimum atomic E-state index is 0.141. The van der Waals surface area contributed by atoms with Crippen LogP contribution in [0.1, 0.15) is 31.9 Å². The molecule has 4 nitrogen and oxygen atoms in total. The lowest BCUT2D eigenvalue weighted by molar-refractivity contribution is -0.128. The standard InChI is InChI=1S/C21H25N3O/c1-14(2)12-20(25)24-11-10-19-18(13-24)21(23-22-19)17-9-5-7-15-6-3-4-8-16(15)17/h3-9,12,18-19,21-23H,10-11,13H2,1-2H3. The lowest BCUT2D eigenvalue weighted by Crippen LogP contribution is -2.47. The Bertz CT molecular complexity index is 820. The van der Waals surface area contributed by atoms with Crippen molar-refractivity contribution in [2.45, 2.75) is 32.4 Å². The van der Waals surface area contributed by atoms with E-state index >= 15 is 0 Å². The van der Waals surface area contributed by atoms with Crippen molar-refractivity contribution in [2.24, 2.45) is 5.92 Å². The molecular formula is C21H25N3O. The quantitative estimate of drug-likeness (QED) is 0.829. The van der Waals surface area contributed by atoms with E-state index in [0.717, 1.165) is 25.1 Å². The second kappa shape index (κ2) is 6.62. The van der Waals surface area contributed by atoms with Crippen molar-refractivity contribution in [2.75, 3.05) is 13.1 Å². The predicted molar refractivity (Wildman–Crippen MR) is 101 cm³/mol. The summed E-state index contributed by atoms with van der Waals surface area (Å²) in [5.41, 5.74) is 9.34. The highest BCUT2D eigenvalue weighted by Crippen LogP contribution is 2.36. The number of likely N-dealkylation sites (tertiary alicyclic amines) is 1. The number of hydrazine groups is 1. The van der Waals surface area contributed by atoms with Crippen LogP contribution in [-0.2, 0) is 4.79 Å². The van der Waals surface area contributed by atoms with Gasteiger partial charge in [0.25, 0.3) is 0 Å². The van der Waals surface area contributed by atoms with E-state index in [9.17, 15) is 4.79 Å². The fourth-order valence-corrected chi connectivity index (χ4v) is 4.17. The van der Waals surface area contributed by atoms with E-state index in [2.05, 4.69) is 53.3 Å². The van der Waals surface area contributed by atoms with E-state index < -0.39 is 0 Å². The second-order valence-corrected chi connectivity index (χ2v) is 7.40. The Morgan fingerprint density at radius 2 is 1.92 bits per heavy atom. The van der Waals surface area contributed by atoms with Crippen LogP contribution in [0.2, 0.25) is 0 Å². The second-order valence-electron chi connectivity index (χ2n) is 7.40. The highest BCUT2D eigenvalue weighted by Gasteiger charge is 2.41. The highest BCUT2D eigenvalue weighted by atomic mass is 16.2. The van der Waals surface area contributed by atoms with Crippen molar-refractivity contribution in [1.29, 1.82) is 0 Å². The molecule has 0 aromatic heterocycles. The smallest absolute Gasteiger partial charge is 0.246 e. The molecule has 2 heterocycles. The van der Waals surface area contributed by atoms with Gasteiger partial charge in [-0.25, -0.2) is 5.43 Å². The van der Waals surface area contributed by atoms with Crippen molar-refractivity contribution < 1.29 is 4.79 Å². The first-order valence-corrected chi connectivity index (χ1v) is 9.06. The first-order chi connectivity index (χ1) is 12.1. The first kappa shape index (κ1) is 16.3. The van der Waals surface area contributed by atoms with E-state index in [4.69, 9.17) is 0 Å². The van der Waals surface area contributed by atoms with Crippen LogP contribution in [0.15, 0.2) is 54.1 Å². The number of rotatable bonds is 2. The lowest BCUT2D eigenvalue weighted by atomic mass is 9.83. The number of amides is 1. The van der Waals surface area contributed by atoms with E-state index in [0.29, 0.717) is 12.0 Å². The summed E-state index contributed by atoms with van der Waals surface area (Å²) >= 11 is 0. The molecule has 4 rings (SSSR count). The summed E-state index contributed by atoms with van der Waals surface area (Å²) in [5, 5.41) is 2.55. The Hall–Kier alpha value is -2.17. The molecule has 1 amide bonds. The third-order valence-electron chi connectivity index (χ3n) is 5.39. The molecule has 2 fully saturated rings. The average molecular weight is 335 g/mol. The summed E-state index contributed by atoms with van der Waals surface area (Å²) in [4.78, 5) is 14.5. The predicted octanol–water partition coefficient (Wildman–Crippen LogP) is 3.17. The van der Waals surface area contributed by atoms with Crippen molar-refractivity contribution in [3.05, 3.63) is 59.7 Å². The number of hydrogen-bond acceptors (Lipinski definition) is 3. The van der Waals surface area contributed by atoms with E-state index in [1.165, 1.54) is 16.3 Å². The zero-order chi connectivity index (χ0) is 17.4. The maximum Gasteiger partial charge on any atom is 0.246 e. The number of benzene rings is 2. The molecule has 2 N–H and O–H groups in total. The molecule has 4 heteroatoms. The van der Waals surface area contributed by atoms with Crippen molar-refractivity contribution in [3.63, 3.8) is 0 Å². The number of piperidine rings is 1. The maximum absolute atomic E-state index is 12.5. The minimum Gasteiger partial charge on any atom is -0.339 e. The normalized spacial score (nSPS) is 25.7. The third-order valence-corrected chi connectivity index (χ3v) is 5.39. The van der Waals surface area contributed by atoms with Crippen molar-refractivity contribution in [1.82, 2.24) is 15.8 Å². The van der Waals surface area contributed by atoms with Crippen LogP contribution in [0, 0.1) is 5.92 Å². The first-order valence-electron chi connectivity index (χ1n) is 9.06. The molecular weight excluding hydrogens is 310 g/mol. The van der Waals surface area contributed by atoms with Crippen LogP contribution in [0.25, 0.3) is 10.8 Å².